The minimum atomic E-state index is -0.788. The number of ether oxygens (including phenoxy) is 2. The van der Waals surface area contributed by atoms with Crippen LogP contribution in [0.25, 0.3) is 33.6 Å². The molecule has 1 saturated heterocycles. The van der Waals surface area contributed by atoms with Crippen LogP contribution in [-0.4, -0.2) is 93.5 Å². The second kappa shape index (κ2) is 19.8. The molecule has 1 aliphatic heterocycles. The Balaban J connectivity index is 1.08. The van der Waals surface area contributed by atoms with E-state index in [4.69, 9.17) is 14.5 Å². The molecule has 15 heteroatoms. The van der Waals surface area contributed by atoms with Crippen LogP contribution in [0, 0.1) is 17.8 Å². The van der Waals surface area contributed by atoms with E-state index in [0.717, 1.165) is 71.6 Å². The molecule has 4 aromatic rings. The Labute approximate surface area is 351 Å². The van der Waals surface area contributed by atoms with Gasteiger partial charge in [-0.2, -0.15) is 0 Å². The maximum atomic E-state index is 13.7. The Morgan fingerprint density at radius 1 is 0.750 bits per heavy atom. The smallest absolute Gasteiger partial charge is 0.407 e. The molecular weight excluding hydrogens is 765 g/mol. The second-order valence-corrected chi connectivity index (χ2v) is 16.3. The van der Waals surface area contributed by atoms with Crippen LogP contribution < -0.4 is 16.0 Å². The first-order chi connectivity index (χ1) is 28.9. The fraction of sp³-hybridized carbons (Fsp3) is 0.489. The van der Waals surface area contributed by atoms with Gasteiger partial charge in [0, 0.05) is 18.4 Å². The molecular formula is C45H58N8O7. The molecule has 320 valence electrons. The van der Waals surface area contributed by atoms with E-state index >= 15 is 0 Å². The SMILES string of the molecule is CCOC(=O)CNC(=O)C(NC(=O)C1CCCC[C@H]1c1ncc(-c2ccc(-c3ccc(-c4cnc(C5CCCN5C(=O)C(NC(=O)OC)C(C)C)[nH]4)cc3)cc2)[nH]1)C(C)C. The molecule has 1 saturated carbocycles. The molecule has 5 atom stereocenters. The van der Waals surface area contributed by atoms with Crippen molar-refractivity contribution in [3.63, 3.8) is 0 Å². The number of aromatic amines is 2. The van der Waals surface area contributed by atoms with Crippen molar-refractivity contribution in [1.29, 1.82) is 0 Å². The van der Waals surface area contributed by atoms with Crippen molar-refractivity contribution in [2.24, 2.45) is 17.8 Å². The van der Waals surface area contributed by atoms with Crippen molar-refractivity contribution in [2.45, 2.75) is 97.2 Å². The molecule has 60 heavy (non-hydrogen) atoms. The summed E-state index contributed by atoms with van der Waals surface area (Å²) >= 11 is 0. The standard InChI is InChI=1S/C45H58N8O7/c1-7-60-37(54)25-48-43(56)38(26(2)3)51-42(55)33-12-9-8-11-32(33)40-46-23-34(49-40)30-18-14-28(15-19-30)29-16-20-31(21-17-29)35-24-47-41(50-35)36-13-10-22-53(36)44(57)39(27(4)5)52-45(58)59-6/h14-21,23-24,26-27,32-33,36,38-39H,7-13,22,25H2,1-6H3,(H,46,49)(H,47,50)(H,48,56)(H,51,55)(H,52,58)/t32-,33?,36?,38?,39?/m1/s1. The number of esters is 1. The molecule has 6 rings (SSSR count). The van der Waals surface area contributed by atoms with E-state index in [2.05, 4.69) is 55.2 Å². The minimum absolute atomic E-state index is 0.111. The fourth-order valence-electron chi connectivity index (χ4n) is 8.25. The van der Waals surface area contributed by atoms with E-state index in [1.165, 1.54) is 7.11 Å². The van der Waals surface area contributed by atoms with Gasteiger partial charge in [-0.1, -0.05) is 89.1 Å². The van der Waals surface area contributed by atoms with Crippen molar-refractivity contribution in [3.05, 3.63) is 72.6 Å². The van der Waals surface area contributed by atoms with Gasteiger partial charge in [0.2, 0.25) is 17.7 Å². The van der Waals surface area contributed by atoms with Gasteiger partial charge in [0.15, 0.2) is 0 Å². The summed E-state index contributed by atoms with van der Waals surface area (Å²) in [6.45, 7) is 9.78. The first kappa shape index (κ1) is 43.6. The number of benzene rings is 2. The summed E-state index contributed by atoms with van der Waals surface area (Å²) in [5, 5.41) is 8.26. The first-order valence-corrected chi connectivity index (χ1v) is 21.1. The number of nitrogens with one attached hydrogen (secondary N) is 5. The normalized spacial score (nSPS) is 18.8. The maximum absolute atomic E-state index is 13.7. The summed E-state index contributed by atoms with van der Waals surface area (Å²) in [6, 6.07) is 14.8. The lowest BCUT2D eigenvalue weighted by Crippen LogP contribution is -2.52. The van der Waals surface area contributed by atoms with Crippen molar-refractivity contribution in [3.8, 4) is 33.6 Å². The Kier molecular flexibility index (Phi) is 14.4. The van der Waals surface area contributed by atoms with Crippen molar-refractivity contribution in [1.82, 2.24) is 40.8 Å². The number of nitrogens with zero attached hydrogens (tertiary/aromatic N) is 3. The Hall–Kier alpha value is -5.99. The summed E-state index contributed by atoms with van der Waals surface area (Å²) in [7, 11) is 1.29. The number of carbonyl (C=O) groups excluding carboxylic acids is 5. The zero-order valence-corrected chi connectivity index (χ0v) is 35.4. The summed E-state index contributed by atoms with van der Waals surface area (Å²) in [5.74, 6) is -0.581. The van der Waals surface area contributed by atoms with Crippen LogP contribution in [0.3, 0.4) is 0 Å². The summed E-state index contributed by atoms with van der Waals surface area (Å²) in [4.78, 5) is 82.1. The highest BCUT2D eigenvalue weighted by Gasteiger charge is 2.38. The highest BCUT2D eigenvalue weighted by Crippen LogP contribution is 2.38. The van der Waals surface area contributed by atoms with Gasteiger partial charge >= 0.3 is 12.1 Å². The quantitative estimate of drug-likeness (QED) is 0.0858. The average Bonchev–Trinajstić information content (AvgIpc) is 4.06. The Morgan fingerprint density at radius 3 is 1.90 bits per heavy atom. The Bertz CT molecular complexity index is 2110. The third-order valence-corrected chi connectivity index (χ3v) is 11.6. The number of rotatable bonds is 15. The monoisotopic (exact) mass is 822 g/mol. The topological polar surface area (TPSA) is 200 Å². The predicted molar refractivity (Wildman–Crippen MR) is 226 cm³/mol. The molecule has 2 aromatic heterocycles. The molecule has 5 N–H and O–H groups in total. The molecule has 4 amide bonds. The first-order valence-electron chi connectivity index (χ1n) is 21.1. The molecule has 0 radical (unpaired) electrons. The van der Waals surface area contributed by atoms with Gasteiger partial charge in [-0.15, -0.1) is 0 Å². The summed E-state index contributed by atoms with van der Waals surface area (Å²) in [5.41, 5.74) is 5.73. The molecule has 0 spiro atoms. The lowest BCUT2D eigenvalue weighted by Gasteiger charge is -2.31. The lowest BCUT2D eigenvalue weighted by molar-refractivity contribution is -0.143. The molecule has 2 aromatic carbocycles. The van der Waals surface area contributed by atoms with Crippen LogP contribution in [0.2, 0.25) is 0 Å². The third kappa shape index (κ3) is 10.2. The molecule has 1 aliphatic carbocycles. The molecule has 3 heterocycles. The lowest BCUT2D eigenvalue weighted by atomic mass is 9.78. The summed E-state index contributed by atoms with van der Waals surface area (Å²) in [6.07, 6.45) is 7.97. The van der Waals surface area contributed by atoms with E-state index in [-0.39, 0.29) is 54.7 Å². The third-order valence-electron chi connectivity index (χ3n) is 11.6. The van der Waals surface area contributed by atoms with Crippen LogP contribution in [-0.2, 0) is 28.7 Å². The molecule has 4 unspecified atom stereocenters. The number of aromatic nitrogens is 4. The second-order valence-electron chi connectivity index (χ2n) is 16.3. The highest BCUT2D eigenvalue weighted by atomic mass is 16.5. The zero-order chi connectivity index (χ0) is 42.9. The number of amides is 4. The number of H-pyrrole nitrogens is 2. The number of likely N-dealkylation sites (tertiary alicyclic amines) is 1. The highest BCUT2D eigenvalue weighted by molar-refractivity contribution is 5.91. The van der Waals surface area contributed by atoms with Gasteiger partial charge in [-0.25, -0.2) is 14.8 Å². The van der Waals surface area contributed by atoms with Gasteiger partial charge in [-0.05, 0) is 66.7 Å². The van der Waals surface area contributed by atoms with E-state index in [9.17, 15) is 24.0 Å². The Morgan fingerprint density at radius 2 is 1.32 bits per heavy atom. The largest absolute Gasteiger partial charge is 0.465 e. The van der Waals surface area contributed by atoms with Crippen LogP contribution in [0.4, 0.5) is 4.79 Å². The van der Waals surface area contributed by atoms with Crippen molar-refractivity contribution in [2.75, 3.05) is 26.8 Å². The number of carbonyl (C=O) groups is 5. The van der Waals surface area contributed by atoms with Crippen LogP contribution in [0.15, 0.2) is 60.9 Å². The van der Waals surface area contributed by atoms with E-state index in [1.54, 1.807) is 18.0 Å². The molecule has 0 bridgehead atoms. The summed E-state index contributed by atoms with van der Waals surface area (Å²) < 4.78 is 9.67. The van der Waals surface area contributed by atoms with Crippen molar-refractivity contribution < 1.29 is 33.4 Å². The van der Waals surface area contributed by atoms with E-state index < -0.39 is 30.1 Å². The fourth-order valence-corrected chi connectivity index (χ4v) is 8.25. The van der Waals surface area contributed by atoms with E-state index in [0.29, 0.717) is 18.8 Å². The van der Waals surface area contributed by atoms with Crippen LogP contribution in [0.1, 0.15) is 96.8 Å². The van der Waals surface area contributed by atoms with E-state index in [1.807, 2.05) is 58.2 Å². The molecule has 2 aliphatic rings. The minimum Gasteiger partial charge on any atom is -0.465 e. The number of methoxy groups -OCH3 is 1. The predicted octanol–water partition coefficient (Wildman–Crippen LogP) is 6.27. The van der Waals surface area contributed by atoms with Crippen LogP contribution >= 0.6 is 0 Å². The number of imidazole rings is 2. The van der Waals surface area contributed by atoms with Gasteiger partial charge in [-0.3, -0.25) is 19.2 Å². The van der Waals surface area contributed by atoms with Crippen LogP contribution in [0.5, 0.6) is 0 Å². The number of hydrogen-bond acceptors (Lipinski definition) is 9. The zero-order valence-electron chi connectivity index (χ0n) is 35.4. The number of alkyl carbamates (subject to hydrolysis) is 1. The molecule has 2 fully saturated rings. The van der Waals surface area contributed by atoms with Gasteiger partial charge in [0.1, 0.15) is 30.3 Å². The maximum Gasteiger partial charge on any atom is 0.407 e. The van der Waals surface area contributed by atoms with Crippen molar-refractivity contribution >= 4 is 29.8 Å². The van der Waals surface area contributed by atoms with Gasteiger partial charge in [0.05, 0.1) is 43.5 Å². The van der Waals surface area contributed by atoms with Gasteiger partial charge in [0.25, 0.3) is 0 Å². The number of hydrogen-bond donors (Lipinski definition) is 5. The van der Waals surface area contributed by atoms with Gasteiger partial charge < -0.3 is 40.3 Å². The molecule has 15 nitrogen and oxygen atoms in total. The average molecular weight is 823 g/mol.